The molecule has 41 heavy (non-hydrogen) atoms. The third-order valence-electron chi connectivity index (χ3n) is 6.19. The van der Waals surface area contributed by atoms with Gasteiger partial charge in [0.05, 0.1) is 43.8 Å². The molecule has 2 aromatic rings. The maximum absolute atomic E-state index is 13.7. The number of fused-ring (bicyclic) bond motifs is 1. The van der Waals surface area contributed by atoms with Crippen molar-refractivity contribution in [2.24, 2.45) is 11.3 Å². The molecule has 0 aromatic carbocycles. The van der Waals surface area contributed by atoms with Crippen molar-refractivity contribution in [1.29, 1.82) is 0 Å². The minimum absolute atomic E-state index is 0.0520. The van der Waals surface area contributed by atoms with Gasteiger partial charge >= 0.3 is 13.7 Å². The fraction of sp³-hybridized carbons (Fsp3) is 0.708. The summed E-state index contributed by atoms with van der Waals surface area (Å²) in [6, 6.07) is -1.02. The number of nitrogens with two attached hydrogens (primary N) is 1. The van der Waals surface area contributed by atoms with Crippen LogP contribution in [0.4, 0.5) is 5.95 Å². The van der Waals surface area contributed by atoms with E-state index in [9.17, 15) is 24.1 Å². The van der Waals surface area contributed by atoms with Gasteiger partial charge in [-0.3, -0.25) is 33.0 Å². The average Bonchev–Trinajstić information content (AvgIpc) is 3.47. The van der Waals surface area contributed by atoms with Crippen LogP contribution >= 0.6 is 19.5 Å². The van der Waals surface area contributed by atoms with E-state index in [4.69, 9.17) is 24.3 Å². The highest BCUT2D eigenvalue weighted by atomic mass is 32.2. The molecule has 2 aromatic heterocycles. The zero-order valence-electron chi connectivity index (χ0n) is 24.0. The number of imidazole rings is 1. The molecular weight excluding hydrogens is 579 g/mol. The van der Waals surface area contributed by atoms with E-state index in [0.29, 0.717) is 6.42 Å². The van der Waals surface area contributed by atoms with E-state index in [1.165, 1.54) is 13.3 Å². The first-order valence-corrected chi connectivity index (χ1v) is 15.7. The van der Waals surface area contributed by atoms with Gasteiger partial charge in [0.25, 0.3) is 5.56 Å². The molecule has 5 atom stereocenters. The van der Waals surface area contributed by atoms with Crippen LogP contribution in [-0.2, 0) is 32.7 Å². The summed E-state index contributed by atoms with van der Waals surface area (Å²) in [4.78, 5) is 47.5. The molecule has 1 fully saturated rings. The number of nitrogen functional groups attached to an aromatic ring is 1. The number of aliphatic hydroxyl groups excluding tert-OH is 1. The number of aromatic amines is 1. The second kappa shape index (κ2) is 13.8. The SMILES string of the molecule is CC(C)OC(=O)C(C)NP(=O)(OCCSC(=O)C(C)(C)CO)OCC1CC(C)C(n2cnc3c(=O)[nH]c(N)nc32)O1. The molecule has 0 saturated carbocycles. The van der Waals surface area contributed by atoms with Crippen LogP contribution in [0.5, 0.6) is 0 Å². The van der Waals surface area contributed by atoms with Crippen LogP contribution in [0.3, 0.4) is 0 Å². The molecule has 1 aliphatic heterocycles. The highest BCUT2D eigenvalue weighted by molar-refractivity contribution is 8.13. The number of nitrogens with zero attached hydrogens (tertiary/aromatic N) is 3. The normalized spacial score (nSPS) is 21.7. The molecule has 0 spiro atoms. The number of esters is 1. The number of thioether (sulfide) groups is 1. The number of rotatable bonds is 14. The summed E-state index contributed by atoms with van der Waals surface area (Å²) in [5, 5.41) is 11.8. The second-order valence-corrected chi connectivity index (χ2v) is 13.6. The third-order valence-corrected chi connectivity index (χ3v) is 9.09. The van der Waals surface area contributed by atoms with Crippen LogP contribution in [0.15, 0.2) is 11.1 Å². The number of carbonyl (C=O) groups is 2. The molecule has 0 amide bonds. The Morgan fingerprint density at radius 3 is 2.73 bits per heavy atom. The summed E-state index contributed by atoms with van der Waals surface area (Å²) in [6.07, 6.45) is 0.507. The Labute approximate surface area is 241 Å². The van der Waals surface area contributed by atoms with Gasteiger partial charge in [0.15, 0.2) is 16.3 Å². The number of nitrogens with one attached hydrogen (secondary N) is 2. The van der Waals surface area contributed by atoms with Crippen molar-refractivity contribution in [1.82, 2.24) is 24.6 Å². The maximum Gasteiger partial charge on any atom is 0.406 e. The van der Waals surface area contributed by atoms with Crippen molar-refractivity contribution in [3.05, 3.63) is 16.7 Å². The number of ether oxygens (including phenoxy) is 2. The topological polar surface area (TPSA) is 210 Å². The number of aromatic nitrogens is 4. The molecule has 17 heteroatoms. The van der Waals surface area contributed by atoms with Crippen molar-refractivity contribution in [3.8, 4) is 0 Å². The number of aliphatic hydroxyl groups is 1. The molecule has 1 aliphatic rings. The molecule has 0 aliphatic carbocycles. The predicted octanol–water partition coefficient (Wildman–Crippen LogP) is 1.97. The lowest BCUT2D eigenvalue weighted by atomic mass is 9.97. The van der Waals surface area contributed by atoms with E-state index in [-0.39, 0.29) is 59.8 Å². The second-order valence-electron chi connectivity index (χ2n) is 10.8. The lowest BCUT2D eigenvalue weighted by Gasteiger charge is -2.24. The minimum Gasteiger partial charge on any atom is -0.462 e. The van der Waals surface area contributed by atoms with Gasteiger partial charge in [-0.25, -0.2) is 14.6 Å². The molecule has 3 heterocycles. The van der Waals surface area contributed by atoms with E-state index in [1.54, 1.807) is 32.3 Å². The number of anilines is 1. The van der Waals surface area contributed by atoms with Gasteiger partial charge in [-0.05, 0) is 41.0 Å². The summed E-state index contributed by atoms with van der Waals surface area (Å²) >= 11 is 0.935. The zero-order valence-corrected chi connectivity index (χ0v) is 25.7. The Morgan fingerprint density at radius 2 is 2.07 bits per heavy atom. The van der Waals surface area contributed by atoms with Crippen LogP contribution in [0.1, 0.15) is 54.2 Å². The Hall–Kier alpha value is -2.33. The van der Waals surface area contributed by atoms with Crippen molar-refractivity contribution < 1.29 is 37.8 Å². The average molecular weight is 619 g/mol. The van der Waals surface area contributed by atoms with Gasteiger partial charge in [-0.15, -0.1) is 0 Å². The zero-order chi connectivity index (χ0) is 30.5. The molecule has 0 bridgehead atoms. The molecule has 0 radical (unpaired) electrons. The fourth-order valence-electron chi connectivity index (χ4n) is 3.96. The number of H-pyrrole nitrogens is 1. The lowest BCUT2D eigenvalue weighted by molar-refractivity contribution is -0.149. The molecule has 3 rings (SSSR count). The van der Waals surface area contributed by atoms with Crippen molar-refractivity contribution in [3.63, 3.8) is 0 Å². The summed E-state index contributed by atoms with van der Waals surface area (Å²) in [5.41, 5.74) is 4.71. The van der Waals surface area contributed by atoms with Gasteiger partial charge < -0.3 is 20.3 Å². The van der Waals surface area contributed by atoms with E-state index in [0.717, 1.165) is 11.8 Å². The number of carbonyl (C=O) groups excluding carboxylic acids is 2. The van der Waals surface area contributed by atoms with E-state index < -0.39 is 43.1 Å². The Kier molecular flexibility index (Phi) is 11.1. The van der Waals surface area contributed by atoms with E-state index in [2.05, 4.69) is 20.0 Å². The highest BCUT2D eigenvalue weighted by Gasteiger charge is 2.38. The Balaban J connectivity index is 1.67. The number of hydrogen-bond donors (Lipinski definition) is 4. The molecule has 1 saturated heterocycles. The fourth-order valence-corrected chi connectivity index (χ4v) is 6.39. The summed E-state index contributed by atoms with van der Waals surface area (Å²) in [7, 11) is -4.08. The third kappa shape index (κ3) is 8.60. The smallest absolute Gasteiger partial charge is 0.406 e. The first kappa shape index (κ1) is 33.2. The predicted molar refractivity (Wildman–Crippen MR) is 152 cm³/mol. The van der Waals surface area contributed by atoms with Crippen LogP contribution in [0.2, 0.25) is 0 Å². The van der Waals surface area contributed by atoms with Gasteiger partial charge in [-0.1, -0.05) is 18.7 Å². The van der Waals surface area contributed by atoms with Gasteiger partial charge in [0, 0.05) is 11.7 Å². The van der Waals surface area contributed by atoms with Crippen LogP contribution in [0.25, 0.3) is 11.2 Å². The minimum atomic E-state index is -4.08. The summed E-state index contributed by atoms with van der Waals surface area (Å²) in [5.74, 6) is -0.608. The number of hydrogen-bond acceptors (Lipinski definition) is 13. The molecule has 230 valence electrons. The van der Waals surface area contributed by atoms with Crippen molar-refractivity contribution >= 4 is 47.7 Å². The molecule has 15 nitrogen and oxygen atoms in total. The summed E-state index contributed by atoms with van der Waals surface area (Å²) < 4.78 is 37.9. The van der Waals surface area contributed by atoms with Crippen LogP contribution in [-0.4, -0.2) is 79.5 Å². The van der Waals surface area contributed by atoms with Crippen LogP contribution in [0, 0.1) is 11.3 Å². The molecular formula is C24H39N6O9PS. The quantitative estimate of drug-likeness (QED) is 0.136. The van der Waals surface area contributed by atoms with Crippen LogP contribution < -0.4 is 16.4 Å². The Bertz CT molecular complexity index is 1330. The Morgan fingerprint density at radius 1 is 1.37 bits per heavy atom. The van der Waals surface area contributed by atoms with Crippen molar-refractivity contribution in [2.45, 2.75) is 72.4 Å². The lowest BCUT2D eigenvalue weighted by Crippen LogP contribution is -2.36. The van der Waals surface area contributed by atoms with Crippen molar-refractivity contribution in [2.75, 3.05) is 31.3 Å². The van der Waals surface area contributed by atoms with Gasteiger partial charge in [0.2, 0.25) is 5.95 Å². The van der Waals surface area contributed by atoms with E-state index in [1.807, 2.05) is 6.92 Å². The van der Waals surface area contributed by atoms with Gasteiger partial charge in [0.1, 0.15) is 12.3 Å². The first-order valence-electron chi connectivity index (χ1n) is 13.2. The summed E-state index contributed by atoms with van der Waals surface area (Å²) in [6.45, 7) is 9.43. The maximum atomic E-state index is 13.7. The molecule has 5 N–H and O–H groups in total. The molecule has 5 unspecified atom stereocenters. The van der Waals surface area contributed by atoms with Gasteiger partial charge in [-0.2, -0.15) is 4.98 Å². The monoisotopic (exact) mass is 618 g/mol. The highest BCUT2D eigenvalue weighted by Crippen LogP contribution is 2.46. The first-order chi connectivity index (χ1) is 19.2. The largest absolute Gasteiger partial charge is 0.462 e. The standard InChI is InChI=1S/C24H39N6O9PS/c1-13(2)38-21(33)15(4)29-40(35,36-7-8-41-22(34)24(5,6)11-31)37-10-16-9-14(3)20(39-16)30-12-26-17-18(30)27-23(25)28-19(17)32/h12-16,20,31H,7-11H2,1-6H3,(H,29,35)(H3,25,27,28,32). The van der Waals surface area contributed by atoms with E-state index >= 15 is 0 Å².